The van der Waals surface area contributed by atoms with Crippen LogP contribution in [0, 0.1) is 5.41 Å². The van der Waals surface area contributed by atoms with E-state index in [2.05, 4.69) is 66.9 Å². The molecule has 0 aliphatic heterocycles. The number of carbonyl (C=O) groups is 2. The van der Waals surface area contributed by atoms with Crippen LogP contribution in [0.25, 0.3) is 0 Å². The van der Waals surface area contributed by atoms with Gasteiger partial charge in [0.05, 0.1) is 18.2 Å². The maximum atomic E-state index is 14.4. The van der Waals surface area contributed by atoms with Crippen molar-refractivity contribution >= 4 is 28.5 Å². The Labute approximate surface area is 317 Å². The Morgan fingerprint density at radius 3 is 1.75 bits per heavy atom. The normalized spacial score (nSPS) is 16.9. The Bertz CT molecular complexity index is 1440. The van der Waals surface area contributed by atoms with Crippen molar-refractivity contribution in [3.63, 3.8) is 0 Å². The van der Waals surface area contributed by atoms with Crippen molar-refractivity contribution in [2.45, 2.75) is 162 Å². The van der Waals surface area contributed by atoms with Gasteiger partial charge in [-0.15, -0.1) is 0 Å². The Balaban J connectivity index is 2.50. The second kappa shape index (κ2) is 19.1. The van der Waals surface area contributed by atoms with Gasteiger partial charge in [0, 0.05) is 11.0 Å². The van der Waals surface area contributed by atoms with Crippen molar-refractivity contribution < 1.29 is 33.4 Å². The molecule has 0 aliphatic carbocycles. The van der Waals surface area contributed by atoms with Crippen LogP contribution in [0.4, 0.5) is 0 Å². The fourth-order valence-corrected chi connectivity index (χ4v) is 10.6. The van der Waals surface area contributed by atoms with Crippen LogP contribution in [0.3, 0.4) is 0 Å². The minimum Gasteiger partial charge on any atom is -0.456 e. The SMILES string of the molecule is CCC(O[Si](CC)(CC)CC)C(C)(C)[C@@H](O)[C@@H](O)/C(C)=C(\C)C(C)OC(=O)[C@H](O[Si](C)(C)C(C)(C)C)[C@@H](NC(=O)c1ccccc1)c1ccccc1. The molecule has 0 radical (unpaired) electrons. The van der Waals surface area contributed by atoms with Crippen LogP contribution in [0.5, 0.6) is 0 Å². The quantitative estimate of drug-likeness (QED) is 0.0744. The summed E-state index contributed by atoms with van der Waals surface area (Å²) in [5.41, 5.74) is 1.57. The van der Waals surface area contributed by atoms with Gasteiger partial charge in [-0.25, -0.2) is 4.79 Å². The third-order valence-corrected chi connectivity index (χ3v) is 20.9. The number of carbonyl (C=O) groups excluding carboxylic acids is 2. The third kappa shape index (κ3) is 11.2. The molecule has 2 aromatic carbocycles. The molecule has 2 rings (SSSR count). The smallest absolute Gasteiger partial charge is 0.337 e. The molecular formula is C42H69NO7Si2. The van der Waals surface area contributed by atoms with E-state index in [1.165, 1.54) is 0 Å². The predicted octanol–water partition coefficient (Wildman–Crippen LogP) is 9.36. The lowest BCUT2D eigenvalue weighted by molar-refractivity contribution is -0.157. The molecule has 1 amide bonds. The van der Waals surface area contributed by atoms with Gasteiger partial charge in [0.1, 0.15) is 12.2 Å². The molecule has 0 spiro atoms. The minimum absolute atomic E-state index is 0.235. The van der Waals surface area contributed by atoms with Crippen molar-refractivity contribution in [1.29, 1.82) is 0 Å². The molecule has 0 aromatic heterocycles. The Morgan fingerprint density at radius 1 is 0.788 bits per heavy atom. The summed E-state index contributed by atoms with van der Waals surface area (Å²) in [6.07, 6.45) is -3.79. The molecule has 0 saturated carbocycles. The molecule has 2 aromatic rings. The molecule has 2 unspecified atom stereocenters. The molecular weight excluding hydrogens is 687 g/mol. The van der Waals surface area contributed by atoms with E-state index in [1.54, 1.807) is 38.1 Å². The molecule has 0 fully saturated rings. The van der Waals surface area contributed by atoms with Crippen molar-refractivity contribution in [3.05, 3.63) is 82.9 Å². The average molecular weight is 756 g/mol. The number of aliphatic hydroxyl groups excluding tert-OH is 2. The third-order valence-electron chi connectivity index (χ3n) is 11.8. The molecule has 0 saturated heterocycles. The van der Waals surface area contributed by atoms with E-state index in [0.29, 0.717) is 28.7 Å². The van der Waals surface area contributed by atoms with Gasteiger partial charge < -0.3 is 29.1 Å². The fraction of sp³-hybridized carbons (Fsp3) is 0.619. The van der Waals surface area contributed by atoms with Crippen LogP contribution in [0.1, 0.15) is 111 Å². The topological polar surface area (TPSA) is 114 Å². The van der Waals surface area contributed by atoms with E-state index in [-0.39, 0.29) is 17.0 Å². The van der Waals surface area contributed by atoms with Crippen LogP contribution < -0.4 is 5.32 Å². The van der Waals surface area contributed by atoms with E-state index < -0.39 is 58.5 Å². The molecule has 3 N–H and O–H groups in total. The second-order valence-electron chi connectivity index (χ2n) is 16.4. The molecule has 0 aliphatic rings. The van der Waals surface area contributed by atoms with E-state index in [1.807, 2.05) is 57.2 Å². The lowest BCUT2D eigenvalue weighted by Gasteiger charge is -2.44. The summed E-state index contributed by atoms with van der Waals surface area (Å²) >= 11 is 0. The Morgan fingerprint density at radius 2 is 1.29 bits per heavy atom. The Hall–Kier alpha value is -2.61. The van der Waals surface area contributed by atoms with E-state index in [0.717, 1.165) is 18.1 Å². The number of rotatable bonds is 19. The lowest BCUT2D eigenvalue weighted by atomic mass is 9.75. The minimum atomic E-state index is -2.60. The second-order valence-corrected chi connectivity index (χ2v) is 25.9. The maximum absolute atomic E-state index is 14.4. The molecule has 6 atom stereocenters. The fourth-order valence-electron chi connectivity index (χ4n) is 6.34. The highest BCUT2D eigenvalue weighted by molar-refractivity contribution is 6.74. The number of amides is 1. The van der Waals surface area contributed by atoms with Crippen molar-refractivity contribution in [2.24, 2.45) is 5.41 Å². The zero-order valence-electron chi connectivity index (χ0n) is 34.5. The number of ether oxygens (including phenoxy) is 1. The number of hydrogen-bond acceptors (Lipinski definition) is 7. The first-order valence-electron chi connectivity index (χ1n) is 19.1. The molecule has 292 valence electrons. The largest absolute Gasteiger partial charge is 0.456 e. The van der Waals surface area contributed by atoms with Gasteiger partial charge >= 0.3 is 5.97 Å². The summed E-state index contributed by atoms with van der Waals surface area (Å²) in [5.74, 6) is -0.960. The van der Waals surface area contributed by atoms with Crippen LogP contribution >= 0.6 is 0 Å². The van der Waals surface area contributed by atoms with Crippen LogP contribution in [0.15, 0.2) is 71.8 Å². The monoisotopic (exact) mass is 755 g/mol. The zero-order valence-corrected chi connectivity index (χ0v) is 36.5. The van der Waals surface area contributed by atoms with E-state index in [9.17, 15) is 19.8 Å². The van der Waals surface area contributed by atoms with Crippen molar-refractivity contribution in [3.8, 4) is 0 Å². The number of aliphatic hydroxyl groups is 2. The summed E-state index contributed by atoms with van der Waals surface area (Å²) in [7, 11) is -4.58. The highest BCUT2D eigenvalue weighted by Gasteiger charge is 2.46. The number of nitrogens with one attached hydrogen (secondary N) is 1. The van der Waals surface area contributed by atoms with E-state index in [4.69, 9.17) is 13.6 Å². The number of esters is 1. The summed E-state index contributed by atoms with van der Waals surface area (Å²) in [5, 5.41) is 26.2. The first-order valence-corrected chi connectivity index (χ1v) is 24.6. The van der Waals surface area contributed by atoms with Gasteiger partial charge in [-0.05, 0) is 92.3 Å². The lowest BCUT2D eigenvalue weighted by Crippen LogP contribution is -2.52. The first-order chi connectivity index (χ1) is 24.1. The van der Waals surface area contributed by atoms with Crippen LogP contribution in [0.2, 0.25) is 36.3 Å². The predicted molar refractivity (Wildman–Crippen MR) is 217 cm³/mol. The van der Waals surface area contributed by atoms with Gasteiger partial charge in [-0.2, -0.15) is 0 Å². The van der Waals surface area contributed by atoms with Gasteiger partial charge in [0.15, 0.2) is 22.7 Å². The van der Waals surface area contributed by atoms with Gasteiger partial charge in [0.25, 0.3) is 5.91 Å². The number of benzene rings is 2. The molecule has 0 bridgehead atoms. The zero-order chi connectivity index (χ0) is 39.7. The average Bonchev–Trinajstić information content (AvgIpc) is 3.12. The highest BCUT2D eigenvalue weighted by atomic mass is 28.4. The van der Waals surface area contributed by atoms with Gasteiger partial charge in [-0.3, -0.25) is 4.79 Å². The van der Waals surface area contributed by atoms with Crippen molar-refractivity contribution in [1.82, 2.24) is 5.32 Å². The summed E-state index contributed by atoms with van der Waals surface area (Å²) in [6.45, 7) is 28.3. The summed E-state index contributed by atoms with van der Waals surface area (Å²) in [6, 6.07) is 20.4. The molecule has 0 heterocycles. The summed E-state index contributed by atoms with van der Waals surface area (Å²) < 4.78 is 19.9. The van der Waals surface area contributed by atoms with Crippen molar-refractivity contribution in [2.75, 3.05) is 0 Å². The van der Waals surface area contributed by atoms with Crippen LogP contribution in [-0.4, -0.2) is 69.2 Å². The van der Waals surface area contributed by atoms with Crippen LogP contribution in [-0.2, 0) is 18.4 Å². The highest BCUT2D eigenvalue weighted by Crippen LogP contribution is 2.40. The molecule has 8 nitrogen and oxygen atoms in total. The molecule has 52 heavy (non-hydrogen) atoms. The summed E-state index contributed by atoms with van der Waals surface area (Å²) in [4.78, 5) is 28.0. The van der Waals surface area contributed by atoms with Gasteiger partial charge in [0.2, 0.25) is 0 Å². The standard InChI is InChI=1S/C42H69NO7Si2/c1-15-34(49-52(16-2,17-3)18-4)42(11,12)38(45)36(44)30(6)29(5)31(7)48-40(47)37(50-51(13,14)41(8,9)10)35(32-25-21-19-22-26-32)43-39(46)33-27-23-20-24-28-33/h19-28,31,34-38,44-45H,15-18H2,1-14H3,(H,43,46)/b30-29+/t31?,34?,35-,36-,37+,38-/m0/s1. The maximum Gasteiger partial charge on any atom is 0.337 e. The van der Waals surface area contributed by atoms with E-state index >= 15 is 0 Å². The first kappa shape index (κ1) is 45.6. The number of hydrogen-bond donors (Lipinski definition) is 3. The van der Waals surface area contributed by atoms with Gasteiger partial charge in [-0.1, -0.05) is 111 Å². The Kier molecular flexibility index (Phi) is 16.8. The molecule has 10 heteroatoms.